The van der Waals surface area contributed by atoms with E-state index in [4.69, 9.17) is 11.6 Å². The standard InChI is InChI=1S/C7H9ClN2O2S2/c1-9-14(11,12)5-3-4-6(13-2)10-7(5)8/h3-4,9H,1-2H3. The van der Waals surface area contributed by atoms with Crippen LogP contribution in [0.2, 0.25) is 5.15 Å². The van der Waals surface area contributed by atoms with Crippen molar-refractivity contribution in [3.8, 4) is 0 Å². The molecular weight excluding hydrogens is 244 g/mol. The number of thioether (sulfide) groups is 1. The molecule has 14 heavy (non-hydrogen) atoms. The summed E-state index contributed by atoms with van der Waals surface area (Å²) >= 11 is 7.13. The summed E-state index contributed by atoms with van der Waals surface area (Å²) in [6.45, 7) is 0. The van der Waals surface area contributed by atoms with Crippen LogP contribution in [0.4, 0.5) is 0 Å². The second-order valence-corrected chi connectivity index (χ2v) is 5.39. The molecule has 0 aliphatic rings. The quantitative estimate of drug-likeness (QED) is 0.652. The first kappa shape index (κ1) is 11.8. The van der Waals surface area contributed by atoms with Crippen LogP contribution < -0.4 is 4.72 Å². The van der Waals surface area contributed by atoms with Crippen molar-refractivity contribution in [3.63, 3.8) is 0 Å². The third-order valence-corrected chi connectivity index (χ3v) is 4.05. The number of nitrogens with one attached hydrogen (secondary N) is 1. The lowest BCUT2D eigenvalue weighted by atomic mass is 10.5. The van der Waals surface area contributed by atoms with E-state index in [0.29, 0.717) is 5.03 Å². The summed E-state index contributed by atoms with van der Waals surface area (Å²) in [4.78, 5) is 3.91. The highest BCUT2D eigenvalue weighted by molar-refractivity contribution is 7.98. The number of halogens is 1. The lowest BCUT2D eigenvalue weighted by molar-refractivity contribution is 0.587. The fraction of sp³-hybridized carbons (Fsp3) is 0.286. The minimum Gasteiger partial charge on any atom is -0.228 e. The maximum atomic E-state index is 11.4. The molecule has 0 radical (unpaired) electrons. The topological polar surface area (TPSA) is 59.1 Å². The van der Waals surface area contributed by atoms with Crippen molar-refractivity contribution in [1.29, 1.82) is 0 Å². The molecule has 0 saturated heterocycles. The van der Waals surface area contributed by atoms with Gasteiger partial charge in [0.25, 0.3) is 0 Å². The smallest absolute Gasteiger partial charge is 0.228 e. The summed E-state index contributed by atoms with van der Waals surface area (Å²) in [5.41, 5.74) is 0. The predicted molar refractivity (Wildman–Crippen MR) is 57.3 cm³/mol. The van der Waals surface area contributed by atoms with Crippen molar-refractivity contribution in [3.05, 3.63) is 17.3 Å². The van der Waals surface area contributed by atoms with Crippen LogP contribution in [0.25, 0.3) is 0 Å². The van der Waals surface area contributed by atoms with E-state index in [1.807, 2.05) is 6.26 Å². The molecule has 0 atom stereocenters. The van der Waals surface area contributed by atoms with Gasteiger partial charge in [0.05, 0.1) is 5.03 Å². The van der Waals surface area contributed by atoms with Gasteiger partial charge < -0.3 is 0 Å². The number of aromatic nitrogens is 1. The molecule has 0 unspecified atom stereocenters. The number of nitrogens with zero attached hydrogens (tertiary/aromatic N) is 1. The first-order chi connectivity index (χ1) is 6.51. The van der Waals surface area contributed by atoms with Crippen LogP contribution in [0, 0.1) is 0 Å². The molecule has 1 heterocycles. The predicted octanol–water partition coefficient (Wildman–Crippen LogP) is 1.36. The lowest BCUT2D eigenvalue weighted by Gasteiger charge is -2.04. The SMILES string of the molecule is CNS(=O)(=O)c1ccc(SC)nc1Cl. The fourth-order valence-corrected chi connectivity index (χ4v) is 2.46. The molecule has 78 valence electrons. The van der Waals surface area contributed by atoms with Gasteiger partial charge in [0.2, 0.25) is 10.0 Å². The first-order valence-electron chi connectivity index (χ1n) is 3.65. The molecule has 0 bridgehead atoms. The minimum atomic E-state index is -3.51. The Morgan fingerprint density at radius 2 is 2.14 bits per heavy atom. The summed E-state index contributed by atoms with van der Waals surface area (Å²) in [6.07, 6.45) is 1.84. The number of pyridine rings is 1. The van der Waals surface area contributed by atoms with Crippen molar-refractivity contribution in [1.82, 2.24) is 9.71 Å². The van der Waals surface area contributed by atoms with E-state index in [-0.39, 0.29) is 10.0 Å². The Balaban J connectivity index is 3.26. The second kappa shape index (κ2) is 4.48. The molecular formula is C7H9ClN2O2S2. The average Bonchev–Trinajstić information content (AvgIpc) is 2.17. The molecule has 0 aliphatic carbocycles. The molecule has 1 N–H and O–H groups in total. The van der Waals surface area contributed by atoms with Gasteiger partial charge in [0.1, 0.15) is 10.0 Å². The third kappa shape index (κ3) is 2.38. The van der Waals surface area contributed by atoms with Crippen LogP contribution in [-0.2, 0) is 10.0 Å². The Morgan fingerprint density at radius 3 is 2.57 bits per heavy atom. The maximum absolute atomic E-state index is 11.4. The molecule has 0 amide bonds. The van der Waals surface area contributed by atoms with E-state index in [1.165, 1.54) is 24.9 Å². The van der Waals surface area contributed by atoms with E-state index < -0.39 is 10.0 Å². The van der Waals surface area contributed by atoms with E-state index in [2.05, 4.69) is 9.71 Å². The Bertz CT molecular complexity index is 433. The zero-order valence-electron chi connectivity index (χ0n) is 7.61. The number of hydrogen-bond acceptors (Lipinski definition) is 4. The van der Waals surface area contributed by atoms with Crippen molar-refractivity contribution in [2.45, 2.75) is 9.92 Å². The zero-order valence-corrected chi connectivity index (χ0v) is 10.0. The monoisotopic (exact) mass is 252 g/mol. The van der Waals surface area contributed by atoms with E-state index in [0.717, 1.165) is 0 Å². The lowest BCUT2D eigenvalue weighted by Crippen LogP contribution is -2.19. The van der Waals surface area contributed by atoms with Gasteiger partial charge in [-0.05, 0) is 25.4 Å². The maximum Gasteiger partial charge on any atom is 0.243 e. The highest BCUT2D eigenvalue weighted by atomic mass is 35.5. The van der Waals surface area contributed by atoms with Gasteiger partial charge in [-0.25, -0.2) is 18.1 Å². The number of sulfonamides is 1. The second-order valence-electron chi connectivity index (χ2n) is 2.35. The highest BCUT2D eigenvalue weighted by Gasteiger charge is 2.16. The van der Waals surface area contributed by atoms with Crippen molar-refractivity contribution in [2.75, 3.05) is 13.3 Å². The van der Waals surface area contributed by atoms with Crippen molar-refractivity contribution in [2.24, 2.45) is 0 Å². The van der Waals surface area contributed by atoms with E-state index in [1.54, 1.807) is 6.07 Å². The van der Waals surface area contributed by atoms with E-state index in [9.17, 15) is 8.42 Å². The molecule has 0 fully saturated rings. The molecule has 0 aliphatic heterocycles. The van der Waals surface area contributed by atoms with Gasteiger partial charge >= 0.3 is 0 Å². The first-order valence-corrected chi connectivity index (χ1v) is 6.74. The average molecular weight is 253 g/mol. The number of rotatable bonds is 3. The molecule has 1 rings (SSSR count). The summed E-state index contributed by atoms with van der Waals surface area (Å²) in [5.74, 6) is 0. The summed E-state index contributed by atoms with van der Waals surface area (Å²) in [5, 5.41) is 0.677. The highest BCUT2D eigenvalue weighted by Crippen LogP contribution is 2.22. The molecule has 0 spiro atoms. The number of hydrogen-bond donors (Lipinski definition) is 1. The van der Waals surface area contributed by atoms with Gasteiger partial charge in [0.15, 0.2) is 0 Å². The van der Waals surface area contributed by atoms with Crippen LogP contribution in [0.15, 0.2) is 22.1 Å². The third-order valence-electron chi connectivity index (χ3n) is 1.56. The fourth-order valence-electron chi connectivity index (χ4n) is 0.829. The van der Waals surface area contributed by atoms with Crippen LogP contribution in [0.1, 0.15) is 0 Å². The van der Waals surface area contributed by atoms with Gasteiger partial charge in [-0.3, -0.25) is 0 Å². The van der Waals surface area contributed by atoms with E-state index >= 15 is 0 Å². The Hall–Kier alpha value is -0.300. The molecule has 4 nitrogen and oxygen atoms in total. The molecule has 1 aromatic rings. The molecule has 0 saturated carbocycles. The summed E-state index contributed by atoms with van der Waals surface area (Å²) in [6, 6.07) is 3.05. The van der Waals surface area contributed by atoms with Crippen molar-refractivity contribution < 1.29 is 8.42 Å². The van der Waals surface area contributed by atoms with Crippen LogP contribution >= 0.6 is 23.4 Å². The summed E-state index contributed by atoms with van der Waals surface area (Å²) in [7, 11) is -2.18. The van der Waals surface area contributed by atoms with Crippen LogP contribution in [-0.4, -0.2) is 26.7 Å². The van der Waals surface area contributed by atoms with Gasteiger partial charge in [0, 0.05) is 0 Å². The Kier molecular flexibility index (Phi) is 3.77. The Labute approximate surface area is 92.1 Å². The zero-order chi connectivity index (χ0) is 10.8. The molecule has 7 heteroatoms. The van der Waals surface area contributed by atoms with Crippen molar-refractivity contribution >= 4 is 33.4 Å². The van der Waals surface area contributed by atoms with Gasteiger partial charge in [-0.2, -0.15) is 0 Å². The summed E-state index contributed by atoms with van der Waals surface area (Å²) < 4.78 is 24.9. The van der Waals surface area contributed by atoms with Gasteiger partial charge in [-0.15, -0.1) is 11.8 Å². The molecule has 0 aromatic carbocycles. The Morgan fingerprint density at radius 1 is 1.50 bits per heavy atom. The van der Waals surface area contributed by atoms with Gasteiger partial charge in [-0.1, -0.05) is 11.6 Å². The van der Waals surface area contributed by atoms with Crippen LogP contribution in [0.3, 0.4) is 0 Å². The molecule has 1 aromatic heterocycles. The normalized spacial score (nSPS) is 11.6. The van der Waals surface area contributed by atoms with Crippen LogP contribution in [0.5, 0.6) is 0 Å². The largest absolute Gasteiger partial charge is 0.243 e. The minimum absolute atomic E-state index is 0.000494.